The molecule has 0 spiro atoms. The number of thiophene rings is 1. The average molecular weight is 331 g/mol. The second-order valence-electron chi connectivity index (χ2n) is 4.24. The number of hydrogen-bond acceptors (Lipinski definition) is 4. The molecule has 0 radical (unpaired) electrons. The van der Waals surface area contributed by atoms with Crippen LogP contribution in [0.25, 0.3) is 0 Å². The molecule has 0 fully saturated rings. The second-order valence-corrected chi connectivity index (χ2v) is 7.38. The van der Waals surface area contributed by atoms with Crippen molar-refractivity contribution in [1.29, 1.82) is 0 Å². The molecule has 0 bridgehead atoms. The Morgan fingerprint density at radius 1 is 1.35 bits per heavy atom. The van der Waals surface area contributed by atoms with E-state index in [0.717, 1.165) is 16.9 Å². The topological polar surface area (TPSA) is 72.2 Å². The third-order valence-corrected chi connectivity index (χ3v) is 5.73. The van der Waals surface area contributed by atoms with Crippen molar-refractivity contribution in [2.75, 3.05) is 5.73 Å². The molecule has 0 saturated heterocycles. The highest BCUT2D eigenvalue weighted by atomic mass is 35.5. The number of anilines is 1. The van der Waals surface area contributed by atoms with E-state index in [1.54, 1.807) is 6.07 Å². The fourth-order valence-electron chi connectivity index (χ4n) is 1.80. The summed E-state index contributed by atoms with van der Waals surface area (Å²) in [4.78, 5) is 1.02. The van der Waals surface area contributed by atoms with Crippen molar-refractivity contribution in [2.45, 2.75) is 24.8 Å². The van der Waals surface area contributed by atoms with Crippen molar-refractivity contribution < 1.29 is 8.42 Å². The summed E-state index contributed by atoms with van der Waals surface area (Å²) < 4.78 is 27.1. The maximum atomic E-state index is 12.3. The largest absolute Gasteiger partial charge is 0.399 e. The number of halogens is 1. The summed E-state index contributed by atoms with van der Waals surface area (Å²) in [5, 5.41) is 2.12. The van der Waals surface area contributed by atoms with E-state index in [-0.39, 0.29) is 16.5 Å². The Morgan fingerprint density at radius 2 is 2.10 bits per heavy atom. The molecule has 3 N–H and O–H groups in total. The van der Waals surface area contributed by atoms with Crippen molar-refractivity contribution in [3.05, 3.63) is 45.1 Å². The van der Waals surface area contributed by atoms with E-state index in [1.165, 1.54) is 23.5 Å². The third kappa shape index (κ3) is 3.32. The number of hydrogen-bond donors (Lipinski definition) is 2. The minimum absolute atomic E-state index is 0.00812. The maximum absolute atomic E-state index is 12.3. The molecule has 1 aromatic carbocycles. The summed E-state index contributed by atoms with van der Waals surface area (Å²) in [5.74, 6) is 0. The average Bonchev–Trinajstić information content (AvgIpc) is 2.86. The van der Waals surface area contributed by atoms with E-state index in [9.17, 15) is 8.42 Å². The van der Waals surface area contributed by atoms with Gasteiger partial charge in [-0.2, -0.15) is 0 Å². The smallest absolute Gasteiger partial charge is 0.242 e. The Labute approximate surface area is 127 Å². The van der Waals surface area contributed by atoms with Gasteiger partial charge in [0.1, 0.15) is 4.90 Å². The summed E-state index contributed by atoms with van der Waals surface area (Å²) in [6.45, 7) is 2.29. The van der Waals surface area contributed by atoms with Gasteiger partial charge in [0.25, 0.3) is 0 Å². The van der Waals surface area contributed by atoms with Crippen molar-refractivity contribution >= 4 is 38.6 Å². The fraction of sp³-hybridized carbons (Fsp3) is 0.231. The number of nitrogen functional groups attached to an aromatic ring is 1. The van der Waals surface area contributed by atoms with Gasteiger partial charge < -0.3 is 5.73 Å². The van der Waals surface area contributed by atoms with Crippen LogP contribution in [0.3, 0.4) is 0 Å². The second kappa shape index (κ2) is 6.13. The van der Waals surface area contributed by atoms with Gasteiger partial charge in [0, 0.05) is 17.1 Å². The molecule has 20 heavy (non-hydrogen) atoms. The van der Waals surface area contributed by atoms with Gasteiger partial charge in [0.2, 0.25) is 10.0 Å². The molecule has 2 rings (SSSR count). The summed E-state index contributed by atoms with van der Waals surface area (Å²) in [6, 6.07) is 6.41. The Hall–Kier alpha value is -1.08. The van der Waals surface area contributed by atoms with Gasteiger partial charge in [-0.3, -0.25) is 0 Å². The number of sulfonamides is 1. The first-order chi connectivity index (χ1) is 9.44. The molecule has 7 heteroatoms. The van der Waals surface area contributed by atoms with E-state index in [0.29, 0.717) is 5.69 Å². The van der Waals surface area contributed by atoms with Crippen LogP contribution in [0.1, 0.15) is 17.4 Å². The third-order valence-electron chi connectivity index (χ3n) is 2.89. The summed E-state index contributed by atoms with van der Waals surface area (Å²) in [5.41, 5.74) is 7.12. The predicted molar refractivity (Wildman–Crippen MR) is 83.6 cm³/mol. The molecular formula is C13H15ClN2O2S2. The van der Waals surface area contributed by atoms with Crippen molar-refractivity contribution in [1.82, 2.24) is 4.72 Å². The van der Waals surface area contributed by atoms with Crippen LogP contribution >= 0.6 is 22.9 Å². The van der Waals surface area contributed by atoms with Crippen molar-refractivity contribution in [2.24, 2.45) is 0 Å². The molecule has 0 atom stereocenters. The summed E-state index contributed by atoms with van der Waals surface area (Å²) in [7, 11) is -3.67. The molecule has 0 aliphatic heterocycles. The van der Waals surface area contributed by atoms with Gasteiger partial charge in [0.15, 0.2) is 0 Å². The van der Waals surface area contributed by atoms with Gasteiger partial charge in [-0.25, -0.2) is 13.1 Å². The fourth-order valence-corrected chi connectivity index (χ4v) is 4.34. The standard InChI is InChI=1S/C13H15ClN2O2S2/c1-2-9-5-6-19-12(9)8-16-20(17,18)13-7-10(15)3-4-11(13)14/h3-7,16H,2,8,15H2,1H3. The number of aryl methyl sites for hydroxylation is 1. The maximum Gasteiger partial charge on any atom is 0.242 e. The Bertz CT molecular complexity index is 711. The van der Waals surface area contributed by atoms with E-state index >= 15 is 0 Å². The molecule has 0 unspecified atom stereocenters. The van der Waals surface area contributed by atoms with Crippen molar-refractivity contribution in [3.8, 4) is 0 Å². The molecule has 108 valence electrons. The predicted octanol–water partition coefficient (Wildman–Crippen LogP) is 3.02. The summed E-state index contributed by atoms with van der Waals surface area (Å²) in [6.07, 6.45) is 0.875. The van der Waals surface area contributed by atoms with Crippen LogP contribution in [-0.2, 0) is 23.0 Å². The molecule has 0 amide bonds. The normalized spacial score (nSPS) is 11.7. The van der Waals surface area contributed by atoms with Gasteiger partial charge in [-0.05, 0) is 41.6 Å². The highest BCUT2D eigenvalue weighted by molar-refractivity contribution is 7.89. The van der Waals surface area contributed by atoms with E-state index in [4.69, 9.17) is 17.3 Å². The van der Waals surface area contributed by atoms with Gasteiger partial charge in [-0.1, -0.05) is 18.5 Å². The number of nitrogens with two attached hydrogens (primary N) is 1. The van der Waals surface area contributed by atoms with Crippen LogP contribution < -0.4 is 10.5 Å². The van der Waals surface area contributed by atoms with Crippen molar-refractivity contribution in [3.63, 3.8) is 0 Å². The lowest BCUT2D eigenvalue weighted by atomic mass is 10.2. The molecule has 1 heterocycles. The lowest BCUT2D eigenvalue weighted by Crippen LogP contribution is -2.23. The lowest BCUT2D eigenvalue weighted by molar-refractivity contribution is 0.581. The first kappa shape index (κ1) is 15.3. The van der Waals surface area contributed by atoms with Crippen LogP contribution in [0, 0.1) is 0 Å². The molecule has 2 aromatic rings. The Morgan fingerprint density at radius 3 is 2.80 bits per heavy atom. The SMILES string of the molecule is CCc1ccsc1CNS(=O)(=O)c1cc(N)ccc1Cl. The van der Waals surface area contributed by atoms with E-state index < -0.39 is 10.0 Å². The highest BCUT2D eigenvalue weighted by Gasteiger charge is 2.18. The zero-order valence-corrected chi connectivity index (χ0v) is 13.3. The first-order valence-corrected chi connectivity index (χ1v) is 8.78. The summed E-state index contributed by atoms with van der Waals surface area (Å²) >= 11 is 7.46. The van der Waals surface area contributed by atoms with Crippen LogP contribution in [0.5, 0.6) is 0 Å². The zero-order chi connectivity index (χ0) is 14.8. The highest BCUT2D eigenvalue weighted by Crippen LogP contribution is 2.24. The monoisotopic (exact) mass is 330 g/mol. The Kier molecular flexibility index (Phi) is 4.70. The van der Waals surface area contributed by atoms with Gasteiger partial charge >= 0.3 is 0 Å². The van der Waals surface area contributed by atoms with E-state index in [2.05, 4.69) is 4.72 Å². The number of nitrogens with one attached hydrogen (secondary N) is 1. The van der Waals surface area contributed by atoms with Crippen LogP contribution in [-0.4, -0.2) is 8.42 Å². The minimum atomic E-state index is -3.67. The molecular weight excluding hydrogens is 316 g/mol. The van der Waals surface area contributed by atoms with Crippen LogP contribution in [0.4, 0.5) is 5.69 Å². The molecule has 0 aliphatic carbocycles. The molecule has 0 saturated carbocycles. The zero-order valence-electron chi connectivity index (χ0n) is 10.9. The first-order valence-electron chi connectivity index (χ1n) is 6.04. The molecule has 0 aliphatic rings. The lowest BCUT2D eigenvalue weighted by Gasteiger charge is -2.09. The minimum Gasteiger partial charge on any atom is -0.399 e. The number of benzene rings is 1. The number of rotatable bonds is 5. The molecule has 4 nitrogen and oxygen atoms in total. The molecule has 1 aromatic heterocycles. The van der Waals surface area contributed by atoms with E-state index in [1.807, 2.05) is 18.4 Å². The van der Waals surface area contributed by atoms with Gasteiger partial charge in [0.05, 0.1) is 5.02 Å². The van der Waals surface area contributed by atoms with Crippen LogP contribution in [0.15, 0.2) is 34.5 Å². The van der Waals surface area contributed by atoms with Gasteiger partial charge in [-0.15, -0.1) is 11.3 Å². The quantitative estimate of drug-likeness (QED) is 0.828. The Balaban J connectivity index is 2.21. The van der Waals surface area contributed by atoms with Crippen LogP contribution in [0.2, 0.25) is 5.02 Å².